The Labute approximate surface area is 182 Å². The molecule has 0 aliphatic heterocycles. The van der Waals surface area contributed by atoms with Gasteiger partial charge in [-0.15, -0.1) is 21.5 Å². The van der Waals surface area contributed by atoms with Crippen LogP contribution in [0, 0.1) is 6.92 Å². The molecular weight excluding hydrogens is 402 g/mol. The molecule has 0 spiro atoms. The SMILES string of the molecule is Cc1nnc(CN=C(NCCCNC(=O)OC(C)(C)C)NCCc2cccs2)n1C. The standard InChI is InChI=1S/C20H33N7O2S/c1-15-25-26-17(27(15)5)14-24-18(22-12-9-16-8-6-13-30-16)21-10-7-11-23-19(28)29-20(2,3)4/h6,8,13H,7,9-12,14H2,1-5H3,(H,23,28)(H2,21,22,24). The minimum Gasteiger partial charge on any atom is -0.444 e. The third-order valence-corrected chi connectivity index (χ3v) is 5.06. The fourth-order valence-electron chi connectivity index (χ4n) is 2.47. The Balaban J connectivity index is 1.80. The van der Waals surface area contributed by atoms with Gasteiger partial charge >= 0.3 is 6.09 Å². The number of nitrogens with zero attached hydrogens (tertiary/aromatic N) is 4. The van der Waals surface area contributed by atoms with Crippen molar-refractivity contribution in [2.45, 2.75) is 52.7 Å². The zero-order valence-electron chi connectivity index (χ0n) is 18.5. The van der Waals surface area contributed by atoms with Crippen LogP contribution in [-0.4, -0.2) is 52.1 Å². The summed E-state index contributed by atoms with van der Waals surface area (Å²) >= 11 is 1.75. The molecule has 0 aliphatic rings. The molecule has 2 rings (SSSR count). The quantitative estimate of drug-likeness (QED) is 0.317. The van der Waals surface area contributed by atoms with Gasteiger partial charge in [-0.1, -0.05) is 6.07 Å². The van der Waals surface area contributed by atoms with Crippen LogP contribution in [0.15, 0.2) is 22.5 Å². The lowest BCUT2D eigenvalue weighted by Gasteiger charge is -2.19. The minimum atomic E-state index is -0.493. The van der Waals surface area contributed by atoms with Gasteiger partial charge in [-0.3, -0.25) is 0 Å². The first-order chi connectivity index (χ1) is 14.2. The van der Waals surface area contributed by atoms with E-state index in [1.54, 1.807) is 11.3 Å². The summed E-state index contributed by atoms with van der Waals surface area (Å²) < 4.78 is 7.16. The molecule has 10 heteroatoms. The van der Waals surface area contributed by atoms with Gasteiger partial charge in [0.15, 0.2) is 11.8 Å². The fourth-order valence-corrected chi connectivity index (χ4v) is 3.18. The maximum atomic E-state index is 11.7. The Morgan fingerprint density at radius 3 is 2.57 bits per heavy atom. The summed E-state index contributed by atoms with van der Waals surface area (Å²) in [5.74, 6) is 2.37. The molecule has 2 aromatic rings. The number of alkyl carbamates (subject to hydrolysis) is 1. The summed E-state index contributed by atoms with van der Waals surface area (Å²) in [7, 11) is 1.93. The zero-order valence-corrected chi connectivity index (χ0v) is 19.3. The number of nitrogens with one attached hydrogen (secondary N) is 3. The number of ether oxygens (including phenoxy) is 1. The van der Waals surface area contributed by atoms with Gasteiger partial charge in [0.05, 0.1) is 0 Å². The predicted octanol–water partition coefficient (Wildman–Crippen LogP) is 2.38. The second-order valence-electron chi connectivity index (χ2n) is 7.85. The van der Waals surface area contributed by atoms with Gasteiger partial charge in [0.25, 0.3) is 0 Å². The van der Waals surface area contributed by atoms with Crippen LogP contribution in [0.5, 0.6) is 0 Å². The molecular formula is C20H33N7O2S. The lowest BCUT2D eigenvalue weighted by Crippen LogP contribution is -2.40. The molecule has 0 bridgehead atoms. The van der Waals surface area contributed by atoms with E-state index in [1.165, 1.54) is 4.88 Å². The van der Waals surface area contributed by atoms with E-state index in [0.717, 1.165) is 31.0 Å². The number of thiophene rings is 1. The van der Waals surface area contributed by atoms with E-state index in [-0.39, 0.29) is 0 Å². The van der Waals surface area contributed by atoms with Crippen molar-refractivity contribution in [2.75, 3.05) is 19.6 Å². The van der Waals surface area contributed by atoms with E-state index in [2.05, 4.69) is 48.7 Å². The highest BCUT2D eigenvalue weighted by Gasteiger charge is 2.15. The number of aromatic nitrogens is 3. The van der Waals surface area contributed by atoms with Crippen molar-refractivity contribution >= 4 is 23.4 Å². The topological polar surface area (TPSA) is 105 Å². The summed E-state index contributed by atoms with van der Waals surface area (Å²) in [6.07, 6.45) is 1.28. The van der Waals surface area contributed by atoms with Gasteiger partial charge in [0, 0.05) is 31.6 Å². The first-order valence-electron chi connectivity index (χ1n) is 10.1. The third kappa shape index (κ3) is 8.81. The van der Waals surface area contributed by atoms with Crippen molar-refractivity contribution in [3.8, 4) is 0 Å². The van der Waals surface area contributed by atoms with Crippen molar-refractivity contribution in [1.29, 1.82) is 0 Å². The van der Waals surface area contributed by atoms with Crippen molar-refractivity contribution in [3.05, 3.63) is 34.0 Å². The van der Waals surface area contributed by atoms with Crippen LogP contribution in [0.2, 0.25) is 0 Å². The molecule has 0 radical (unpaired) electrons. The van der Waals surface area contributed by atoms with Crippen LogP contribution in [-0.2, 0) is 24.8 Å². The molecule has 9 nitrogen and oxygen atoms in total. The van der Waals surface area contributed by atoms with Crippen LogP contribution in [0.25, 0.3) is 0 Å². The number of hydrogen-bond acceptors (Lipinski definition) is 6. The van der Waals surface area contributed by atoms with Crippen molar-refractivity contribution < 1.29 is 9.53 Å². The highest BCUT2D eigenvalue weighted by molar-refractivity contribution is 7.09. The molecule has 0 aromatic carbocycles. The number of aliphatic imine (C=N–C) groups is 1. The largest absolute Gasteiger partial charge is 0.444 e. The number of rotatable bonds is 9. The molecule has 1 amide bonds. The molecule has 0 unspecified atom stereocenters. The normalized spacial score (nSPS) is 12.0. The van der Waals surface area contributed by atoms with Gasteiger partial charge in [-0.05, 0) is 52.0 Å². The number of aryl methyl sites for hydroxylation is 1. The maximum absolute atomic E-state index is 11.7. The number of hydrogen-bond donors (Lipinski definition) is 3. The summed E-state index contributed by atoms with van der Waals surface area (Å²) in [5, 5.41) is 19.7. The highest BCUT2D eigenvalue weighted by Crippen LogP contribution is 2.08. The van der Waals surface area contributed by atoms with Gasteiger partial charge in [-0.25, -0.2) is 9.79 Å². The number of amides is 1. The van der Waals surface area contributed by atoms with Crippen molar-refractivity contribution in [2.24, 2.45) is 12.0 Å². The Kier molecular flexibility index (Phi) is 9.10. The van der Waals surface area contributed by atoms with E-state index < -0.39 is 11.7 Å². The summed E-state index contributed by atoms with van der Waals surface area (Å²) in [6.45, 7) is 9.84. The van der Waals surface area contributed by atoms with Gasteiger partial charge in [0.2, 0.25) is 0 Å². The van der Waals surface area contributed by atoms with Crippen LogP contribution in [0.1, 0.15) is 43.7 Å². The van der Waals surface area contributed by atoms with Crippen LogP contribution < -0.4 is 16.0 Å². The molecule has 2 aromatic heterocycles. The second-order valence-corrected chi connectivity index (χ2v) is 8.88. The van der Waals surface area contributed by atoms with E-state index in [0.29, 0.717) is 25.6 Å². The molecule has 0 atom stereocenters. The average molecular weight is 436 g/mol. The predicted molar refractivity (Wildman–Crippen MR) is 120 cm³/mol. The summed E-state index contributed by atoms with van der Waals surface area (Å²) in [4.78, 5) is 17.7. The van der Waals surface area contributed by atoms with Crippen molar-refractivity contribution in [3.63, 3.8) is 0 Å². The van der Waals surface area contributed by atoms with E-state index in [9.17, 15) is 4.79 Å². The first kappa shape index (κ1) is 23.7. The van der Waals surface area contributed by atoms with Gasteiger partial charge in [-0.2, -0.15) is 0 Å². The lowest BCUT2D eigenvalue weighted by atomic mass is 10.2. The molecule has 30 heavy (non-hydrogen) atoms. The zero-order chi connectivity index (χ0) is 22.0. The van der Waals surface area contributed by atoms with Crippen LogP contribution in [0.4, 0.5) is 4.79 Å². The van der Waals surface area contributed by atoms with Gasteiger partial charge in [0.1, 0.15) is 18.0 Å². The smallest absolute Gasteiger partial charge is 0.407 e. The maximum Gasteiger partial charge on any atom is 0.407 e. The number of carbonyl (C=O) groups excluding carboxylic acids is 1. The monoisotopic (exact) mass is 435 g/mol. The Hall–Kier alpha value is -2.62. The van der Waals surface area contributed by atoms with E-state index in [1.807, 2.05) is 39.3 Å². The highest BCUT2D eigenvalue weighted by atomic mass is 32.1. The Morgan fingerprint density at radius 2 is 1.93 bits per heavy atom. The third-order valence-electron chi connectivity index (χ3n) is 4.12. The lowest BCUT2D eigenvalue weighted by molar-refractivity contribution is 0.0527. The Bertz CT molecular complexity index is 810. The molecule has 0 fully saturated rings. The first-order valence-corrected chi connectivity index (χ1v) is 11.0. The fraction of sp³-hybridized carbons (Fsp3) is 0.600. The van der Waals surface area contributed by atoms with Crippen LogP contribution >= 0.6 is 11.3 Å². The second kappa shape index (κ2) is 11.5. The molecule has 0 aliphatic carbocycles. The average Bonchev–Trinajstić information content (AvgIpc) is 3.28. The number of guanidine groups is 1. The molecule has 3 N–H and O–H groups in total. The Morgan fingerprint density at radius 1 is 1.20 bits per heavy atom. The molecule has 0 saturated heterocycles. The number of carbonyl (C=O) groups is 1. The summed E-state index contributed by atoms with van der Waals surface area (Å²) in [6, 6.07) is 4.18. The molecule has 0 saturated carbocycles. The van der Waals surface area contributed by atoms with Crippen LogP contribution in [0.3, 0.4) is 0 Å². The molecule has 166 valence electrons. The van der Waals surface area contributed by atoms with Crippen molar-refractivity contribution in [1.82, 2.24) is 30.7 Å². The summed E-state index contributed by atoms with van der Waals surface area (Å²) in [5.41, 5.74) is -0.493. The minimum absolute atomic E-state index is 0.400. The molecule has 2 heterocycles. The van der Waals surface area contributed by atoms with Gasteiger partial charge < -0.3 is 25.3 Å². The van der Waals surface area contributed by atoms with E-state index in [4.69, 9.17) is 4.74 Å². The van der Waals surface area contributed by atoms with E-state index >= 15 is 0 Å².